The molecule has 112 valence electrons. The molecule has 1 saturated heterocycles. The first-order valence-corrected chi connectivity index (χ1v) is 6.33. The van der Waals surface area contributed by atoms with Crippen molar-refractivity contribution in [2.45, 2.75) is 38.8 Å². The summed E-state index contributed by atoms with van der Waals surface area (Å²) in [6, 6.07) is 0. The fourth-order valence-corrected chi connectivity index (χ4v) is 1.96. The lowest BCUT2D eigenvalue weighted by Gasteiger charge is -2.23. The van der Waals surface area contributed by atoms with Crippen molar-refractivity contribution in [3.8, 4) is 0 Å². The van der Waals surface area contributed by atoms with Gasteiger partial charge in [0.25, 0.3) is 0 Å². The van der Waals surface area contributed by atoms with Crippen LogP contribution in [0.5, 0.6) is 0 Å². The molecule has 7 heteroatoms. The normalized spacial score (nSPS) is 18.7. The number of halogens is 3. The largest absolute Gasteiger partial charge is 0.414 e. The molecule has 0 unspecified atom stereocenters. The third kappa shape index (κ3) is 4.11. The number of imide groups is 1. The summed E-state index contributed by atoms with van der Waals surface area (Å²) in [6.07, 6.45) is -1.21. The molecule has 0 radical (unpaired) electrons. The monoisotopic (exact) mass is 290 g/mol. The predicted octanol–water partition coefficient (Wildman–Crippen LogP) is 2.27. The Balaban J connectivity index is 2.75. The number of alkyl halides is 3. The van der Waals surface area contributed by atoms with Crippen LogP contribution in [-0.2, 0) is 9.59 Å². The van der Waals surface area contributed by atoms with Crippen LogP contribution >= 0.6 is 0 Å². The maximum Gasteiger partial charge on any atom is 0.414 e. The molecule has 2 N–H and O–H groups in total. The average Bonchev–Trinajstić information content (AvgIpc) is 2.32. The first-order valence-electron chi connectivity index (χ1n) is 6.33. The number of piperidine rings is 1. The summed E-state index contributed by atoms with van der Waals surface area (Å²) < 4.78 is 37.8. The lowest BCUT2D eigenvalue weighted by molar-refractivity contribution is -0.147. The van der Waals surface area contributed by atoms with Crippen LogP contribution in [-0.4, -0.2) is 29.4 Å². The molecule has 20 heavy (non-hydrogen) atoms. The summed E-state index contributed by atoms with van der Waals surface area (Å²) in [5, 5.41) is 0. The van der Waals surface area contributed by atoms with Gasteiger partial charge in [0, 0.05) is 25.1 Å². The van der Waals surface area contributed by atoms with Crippen LogP contribution in [0, 0.1) is 0 Å². The Kier molecular flexibility index (Phi) is 5.35. The van der Waals surface area contributed by atoms with Gasteiger partial charge in [-0.15, -0.1) is 0 Å². The Labute approximate surface area is 115 Å². The number of nitrogens with two attached hydrogens (primary N) is 1. The number of carbonyl (C=O) groups is 2. The van der Waals surface area contributed by atoms with Crippen molar-refractivity contribution >= 4 is 11.8 Å². The summed E-state index contributed by atoms with van der Waals surface area (Å²) in [5.74, 6) is -0.611. The fraction of sp³-hybridized carbons (Fsp3) is 0.538. The first kappa shape index (κ1) is 16.3. The van der Waals surface area contributed by atoms with Crippen LogP contribution in [0.25, 0.3) is 0 Å². The lowest BCUT2D eigenvalue weighted by Crippen LogP contribution is -2.40. The molecule has 0 bridgehead atoms. The highest BCUT2D eigenvalue weighted by Crippen LogP contribution is 2.29. The van der Waals surface area contributed by atoms with Gasteiger partial charge in [0.2, 0.25) is 11.8 Å². The van der Waals surface area contributed by atoms with Gasteiger partial charge in [0.1, 0.15) is 0 Å². The highest BCUT2D eigenvalue weighted by atomic mass is 19.4. The zero-order chi connectivity index (χ0) is 15.3. The summed E-state index contributed by atoms with van der Waals surface area (Å²) in [7, 11) is 0. The standard InChI is InChI=1S/C13H17F3N2O2/c1-2-9(13(14,15)16)10(17)5-4-8-18-11(19)6-3-7-12(18)20/h4-5H,2-3,6-8,17H2,1H3/b5-4-,10-9-. The smallest absolute Gasteiger partial charge is 0.399 e. The third-order valence-electron chi connectivity index (χ3n) is 3.01. The molecule has 0 saturated carbocycles. The number of rotatable bonds is 4. The number of allylic oxidation sites excluding steroid dienone is 2. The van der Waals surface area contributed by atoms with Crippen molar-refractivity contribution in [3.63, 3.8) is 0 Å². The minimum Gasteiger partial charge on any atom is -0.399 e. The highest BCUT2D eigenvalue weighted by Gasteiger charge is 2.33. The number of hydrogen-bond donors (Lipinski definition) is 1. The van der Waals surface area contributed by atoms with Crippen LogP contribution in [0.15, 0.2) is 23.4 Å². The van der Waals surface area contributed by atoms with Crippen molar-refractivity contribution in [1.82, 2.24) is 4.90 Å². The molecule has 4 nitrogen and oxygen atoms in total. The predicted molar refractivity (Wildman–Crippen MR) is 67.3 cm³/mol. The molecule has 1 fully saturated rings. The van der Waals surface area contributed by atoms with E-state index < -0.39 is 17.4 Å². The van der Waals surface area contributed by atoms with E-state index in [1.165, 1.54) is 13.0 Å². The molecule has 0 spiro atoms. The Morgan fingerprint density at radius 3 is 2.30 bits per heavy atom. The topological polar surface area (TPSA) is 63.4 Å². The van der Waals surface area contributed by atoms with Crippen molar-refractivity contribution < 1.29 is 22.8 Å². The van der Waals surface area contributed by atoms with E-state index in [1.807, 2.05) is 0 Å². The minimum absolute atomic E-state index is 0.0484. The fourth-order valence-electron chi connectivity index (χ4n) is 1.96. The quantitative estimate of drug-likeness (QED) is 0.638. The number of hydrogen-bond acceptors (Lipinski definition) is 3. The second kappa shape index (κ2) is 6.58. The highest BCUT2D eigenvalue weighted by molar-refractivity contribution is 5.97. The molecule has 1 aliphatic rings. The molecule has 0 aromatic heterocycles. The van der Waals surface area contributed by atoms with Gasteiger partial charge in [-0.25, -0.2) is 0 Å². The lowest BCUT2D eigenvalue weighted by atomic mass is 10.1. The average molecular weight is 290 g/mol. The van der Waals surface area contributed by atoms with E-state index >= 15 is 0 Å². The molecule has 1 heterocycles. The third-order valence-corrected chi connectivity index (χ3v) is 3.01. The van der Waals surface area contributed by atoms with Crippen LogP contribution in [0.4, 0.5) is 13.2 Å². The minimum atomic E-state index is -4.47. The second-order valence-corrected chi connectivity index (χ2v) is 4.44. The van der Waals surface area contributed by atoms with Crippen LogP contribution in [0.2, 0.25) is 0 Å². The van der Waals surface area contributed by atoms with E-state index in [4.69, 9.17) is 5.73 Å². The maximum absolute atomic E-state index is 12.6. The van der Waals surface area contributed by atoms with E-state index in [0.29, 0.717) is 6.42 Å². The molecule has 0 aliphatic carbocycles. The Bertz CT molecular complexity index is 437. The summed E-state index contributed by atoms with van der Waals surface area (Å²) in [6.45, 7) is 1.31. The van der Waals surface area contributed by atoms with Gasteiger partial charge in [-0.1, -0.05) is 13.0 Å². The van der Waals surface area contributed by atoms with Gasteiger partial charge in [0.15, 0.2) is 0 Å². The molecular formula is C13H17F3N2O2. The van der Waals surface area contributed by atoms with Crippen LogP contribution in [0.3, 0.4) is 0 Å². The van der Waals surface area contributed by atoms with E-state index in [1.54, 1.807) is 0 Å². The molecular weight excluding hydrogens is 273 g/mol. The Morgan fingerprint density at radius 1 is 1.30 bits per heavy atom. The number of likely N-dealkylation sites (tertiary alicyclic amines) is 1. The van der Waals surface area contributed by atoms with Gasteiger partial charge in [-0.05, 0) is 18.9 Å². The van der Waals surface area contributed by atoms with Crippen LogP contribution < -0.4 is 5.73 Å². The maximum atomic E-state index is 12.6. The number of nitrogens with zero attached hydrogens (tertiary/aromatic N) is 1. The summed E-state index contributed by atoms with van der Waals surface area (Å²) >= 11 is 0. The van der Waals surface area contributed by atoms with E-state index in [2.05, 4.69) is 0 Å². The van der Waals surface area contributed by atoms with Gasteiger partial charge < -0.3 is 5.73 Å². The van der Waals surface area contributed by atoms with E-state index in [0.717, 1.165) is 11.0 Å². The van der Waals surface area contributed by atoms with E-state index in [-0.39, 0.29) is 37.6 Å². The summed E-state index contributed by atoms with van der Waals surface area (Å²) in [5.41, 5.74) is 4.18. The molecule has 1 rings (SSSR count). The van der Waals surface area contributed by atoms with Crippen molar-refractivity contribution in [1.29, 1.82) is 0 Å². The van der Waals surface area contributed by atoms with Gasteiger partial charge in [-0.3, -0.25) is 14.5 Å². The molecule has 2 amide bonds. The zero-order valence-corrected chi connectivity index (χ0v) is 11.2. The Morgan fingerprint density at radius 2 is 1.85 bits per heavy atom. The SMILES string of the molecule is CC/C(=C(N)\C=C/CN1C(=O)CCCC1=O)C(F)(F)F. The molecule has 0 atom stereocenters. The second-order valence-electron chi connectivity index (χ2n) is 4.44. The first-order chi connectivity index (χ1) is 9.27. The number of amides is 2. The number of carbonyl (C=O) groups excluding carboxylic acids is 2. The van der Waals surface area contributed by atoms with E-state index in [9.17, 15) is 22.8 Å². The summed E-state index contributed by atoms with van der Waals surface area (Å²) in [4.78, 5) is 24.0. The van der Waals surface area contributed by atoms with Gasteiger partial charge in [0.05, 0.1) is 5.57 Å². The van der Waals surface area contributed by atoms with Crippen molar-refractivity contribution in [2.24, 2.45) is 5.73 Å². The van der Waals surface area contributed by atoms with Gasteiger partial charge in [-0.2, -0.15) is 13.2 Å². The van der Waals surface area contributed by atoms with Gasteiger partial charge >= 0.3 is 6.18 Å². The molecule has 1 aliphatic heterocycles. The Hall–Kier alpha value is -1.79. The molecule has 0 aromatic carbocycles. The molecule has 0 aromatic rings. The van der Waals surface area contributed by atoms with Crippen molar-refractivity contribution in [3.05, 3.63) is 23.4 Å². The van der Waals surface area contributed by atoms with Crippen molar-refractivity contribution in [2.75, 3.05) is 6.54 Å². The zero-order valence-electron chi connectivity index (χ0n) is 11.2. The van der Waals surface area contributed by atoms with Crippen LogP contribution in [0.1, 0.15) is 32.6 Å².